The normalized spacial score (nSPS) is 11.8. The third-order valence-electron chi connectivity index (χ3n) is 1.54. The number of aromatic nitrogens is 1. The fourth-order valence-electron chi connectivity index (χ4n) is 0.918. The first kappa shape index (κ1) is 12.7. The van der Waals surface area contributed by atoms with Crippen LogP contribution in [0.15, 0.2) is 17.3 Å². The minimum atomic E-state index is -4.46. The van der Waals surface area contributed by atoms with Crippen LogP contribution in [0, 0.1) is 10.1 Å². The maximum absolute atomic E-state index is 12.4. The predicted molar refractivity (Wildman–Crippen MR) is 48.9 cm³/mol. The largest absolute Gasteiger partial charge is 0.288 e. The van der Waals surface area contributed by atoms with Gasteiger partial charge in [-0.3, -0.25) is 10.1 Å². The zero-order valence-corrected chi connectivity index (χ0v) is 8.87. The molecule has 0 aliphatic rings. The zero-order chi connectivity index (χ0) is 12.5. The van der Waals surface area contributed by atoms with Crippen molar-refractivity contribution in [3.8, 4) is 0 Å². The van der Waals surface area contributed by atoms with Crippen LogP contribution in [0.25, 0.3) is 0 Å². The fourth-order valence-corrected chi connectivity index (χ4v) is 1.91. The highest BCUT2D eigenvalue weighted by atomic mass is 35.7. The van der Waals surface area contributed by atoms with E-state index in [1.807, 2.05) is 0 Å². The number of halogens is 3. The monoisotopic (exact) mass is 272 g/mol. The van der Waals surface area contributed by atoms with Gasteiger partial charge in [-0.05, 0) is 0 Å². The Morgan fingerprint density at radius 2 is 2.06 bits per heavy atom. The average molecular weight is 273 g/mol. The van der Waals surface area contributed by atoms with E-state index in [1.54, 1.807) is 0 Å². The average Bonchev–Trinajstić information content (AvgIpc) is 2.15. The molecule has 0 radical (unpaired) electrons. The van der Waals surface area contributed by atoms with Crippen LogP contribution < -0.4 is 0 Å². The van der Waals surface area contributed by atoms with E-state index in [2.05, 4.69) is 4.98 Å². The van der Waals surface area contributed by atoms with Crippen molar-refractivity contribution in [1.29, 1.82) is 0 Å². The smallest absolute Gasteiger partial charge is 0.258 e. The summed E-state index contributed by atoms with van der Waals surface area (Å²) in [4.78, 5) is 12.4. The van der Waals surface area contributed by atoms with Crippen LogP contribution in [0.4, 0.5) is 14.5 Å². The second-order valence-corrected chi connectivity index (χ2v) is 5.06. The van der Waals surface area contributed by atoms with Crippen LogP contribution in [0.1, 0.15) is 12.0 Å². The summed E-state index contributed by atoms with van der Waals surface area (Å²) in [5.74, 6) is 0. The number of hydrogen-bond acceptors (Lipinski definition) is 5. The van der Waals surface area contributed by atoms with Gasteiger partial charge in [0.15, 0.2) is 5.03 Å². The molecule has 10 heteroatoms. The molecular weight excluding hydrogens is 270 g/mol. The number of alkyl halides is 2. The van der Waals surface area contributed by atoms with Crippen molar-refractivity contribution < 1.29 is 22.1 Å². The van der Waals surface area contributed by atoms with Crippen molar-refractivity contribution in [3.05, 3.63) is 27.9 Å². The highest BCUT2D eigenvalue weighted by Gasteiger charge is 2.26. The Kier molecular flexibility index (Phi) is 3.38. The van der Waals surface area contributed by atoms with E-state index in [4.69, 9.17) is 10.7 Å². The number of nitro groups is 1. The maximum atomic E-state index is 12.4. The summed E-state index contributed by atoms with van der Waals surface area (Å²) in [6, 6.07) is 0.424. The lowest BCUT2D eigenvalue weighted by atomic mass is 10.3. The number of rotatable bonds is 3. The van der Waals surface area contributed by atoms with Gasteiger partial charge in [-0.1, -0.05) is 0 Å². The Morgan fingerprint density at radius 3 is 2.44 bits per heavy atom. The van der Waals surface area contributed by atoms with E-state index in [0.717, 1.165) is 0 Å². The molecule has 0 aliphatic heterocycles. The Balaban J connectivity index is 3.49. The molecule has 0 aromatic carbocycles. The first-order chi connectivity index (χ1) is 7.23. The van der Waals surface area contributed by atoms with E-state index in [1.165, 1.54) is 0 Å². The molecular formula is C6H3ClF2N2O4S. The molecule has 16 heavy (non-hydrogen) atoms. The van der Waals surface area contributed by atoms with Crippen LogP contribution in [0.3, 0.4) is 0 Å². The molecule has 0 saturated carbocycles. The van der Waals surface area contributed by atoms with Crippen LogP contribution >= 0.6 is 10.7 Å². The van der Waals surface area contributed by atoms with Gasteiger partial charge in [0.2, 0.25) is 0 Å². The zero-order valence-electron chi connectivity index (χ0n) is 7.30. The summed E-state index contributed by atoms with van der Waals surface area (Å²) in [5, 5.41) is 9.20. The molecule has 0 bridgehead atoms. The molecule has 0 saturated heterocycles. The van der Waals surface area contributed by atoms with Crippen molar-refractivity contribution in [2.45, 2.75) is 11.5 Å². The van der Waals surface area contributed by atoms with E-state index in [0.29, 0.717) is 12.3 Å². The van der Waals surface area contributed by atoms with Gasteiger partial charge in [0.05, 0.1) is 10.5 Å². The van der Waals surface area contributed by atoms with E-state index in [9.17, 15) is 27.3 Å². The van der Waals surface area contributed by atoms with Crippen LogP contribution in [-0.4, -0.2) is 18.3 Å². The third kappa shape index (κ3) is 2.61. The Morgan fingerprint density at radius 1 is 1.50 bits per heavy atom. The summed E-state index contributed by atoms with van der Waals surface area (Å²) >= 11 is 0. The summed E-state index contributed by atoms with van der Waals surface area (Å²) < 4.78 is 46.5. The Hall–Kier alpha value is -1.35. The fraction of sp³-hybridized carbons (Fsp3) is 0.167. The molecule has 0 atom stereocenters. The molecule has 1 aromatic heterocycles. The molecule has 1 heterocycles. The third-order valence-corrected chi connectivity index (χ3v) is 2.78. The first-order valence-corrected chi connectivity index (χ1v) is 5.91. The van der Waals surface area contributed by atoms with Crippen molar-refractivity contribution >= 4 is 25.4 Å². The first-order valence-electron chi connectivity index (χ1n) is 3.60. The van der Waals surface area contributed by atoms with Crippen LogP contribution in [0.5, 0.6) is 0 Å². The molecule has 0 amide bonds. The van der Waals surface area contributed by atoms with Crippen molar-refractivity contribution in [1.82, 2.24) is 4.98 Å². The van der Waals surface area contributed by atoms with E-state index < -0.39 is 36.7 Å². The Bertz CT molecular complexity index is 533. The van der Waals surface area contributed by atoms with Crippen molar-refractivity contribution in [3.63, 3.8) is 0 Å². The molecule has 1 rings (SSSR count). The van der Waals surface area contributed by atoms with Crippen LogP contribution in [-0.2, 0) is 9.05 Å². The lowest BCUT2D eigenvalue weighted by Gasteiger charge is -2.03. The minimum Gasteiger partial charge on any atom is -0.258 e. The molecule has 88 valence electrons. The highest BCUT2D eigenvalue weighted by molar-refractivity contribution is 8.13. The lowest BCUT2D eigenvalue weighted by Crippen LogP contribution is -2.03. The topological polar surface area (TPSA) is 90.2 Å². The standard InChI is InChI=1S/C6H3ClF2N2O4S/c7-16(14,15)6-4(5(8)9)1-3(2-10-6)11(12)13/h1-2,5H. The van der Waals surface area contributed by atoms with Gasteiger partial charge in [0.25, 0.3) is 21.2 Å². The molecule has 0 fully saturated rings. The minimum absolute atomic E-state index is 0.424. The predicted octanol–water partition coefficient (Wildman–Crippen LogP) is 1.85. The SMILES string of the molecule is O=[N+]([O-])c1cnc(S(=O)(=O)Cl)c(C(F)F)c1. The van der Waals surface area contributed by atoms with Gasteiger partial charge in [0, 0.05) is 16.7 Å². The summed E-state index contributed by atoms with van der Waals surface area (Å²) in [5.41, 5.74) is -1.83. The van der Waals surface area contributed by atoms with Gasteiger partial charge >= 0.3 is 0 Å². The van der Waals surface area contributed by atoms with E-state index in [-0.39, 0.29) is 0 Å². The number of nitrogens with zero attached hydrogens (tertiary/aromatic N) is 2. The summed E-state index contributed by atoms with van der Waals surface area (Å²) in [7, 11) is 0.384. The maximum Gasteiger partial charge on any atom is 0.288 e. The second kappa shape index (κ2) is 4.26. The van der Waals surface area contributed by atoms with Gasteiger partial charge in [-0.15, -0.1) is 0 Å². The molecule has 6 nitrogen and oxygen atoms in total. The summed E-state index contributed by atoms with van der Waals surface area (Å²) in [6.45, 7) is 0. The van der Waals surface area contributed by atoms with Crippen molar-refractivity contribution in [2.24, 2.45) is 0 Å². The van der Waals surface area contributed by atoms with Gasteiger partial charge in [0.1, 0.15) is 6.20 Å². The number of pyridine rings is 1. The quantitative estimate of drug-likeness (QED) is 0.476. The second-order valence-electron chi connectivity index (χ2n) is 2.58. The molecule has 0 spiro atoms. The van der Waals surface area contributed by atoms with Crippen LogP contribution in [0.2, 0.25) is 0 Å². The van der Waals surface area contributed by atoms with Crippen molar-refractivity contribution in [2.75, 3.05) is 0 Å². The lowest BCUT2D eigenvalue weighted by molar-refractivity contribution is -0.385. The van der Waals surface area contributed by atoms with E-state index >= 15 is 0 Å². The summed E-state index contributed by atoms with van der Waals surface area (Å²) in [6.07, 6.45) is -2.68. The molecule has 0 unspecified atom stereocenters. The Labute approximate surface area is 92.4 Å². The van der Waals surface area contributed by atoms with Gasteiger partial charge in [-0.2, -0.15) is 0 Å². The molecule has 0 aliphatic carbocycles. The molecule has 1 aromatic rings. The van der Waals surface area contributed by atoms with Gasteiger partial charge < -0.3 is 0 Å². The number of hydrogen-bond donors (Lipinski definition) is 0. The highest BCUT2D eigenvalue weighted by Crippen LogP contribution is 2.29. The van der Waals surface area contributed by atoms with Gasteiger partial charge in [-0.25, -0.2) is 22.2 Å². The molecule has 0 N–H and O–H groups in total.